The molecule has 1 saturated carbocycles. The molecule has 0 radical (unpaired) electrons. The number of aliphatic hydroxyl groups excluding tert-OH is 1. The van der Waals surface area contributed by atoms with Crippen LogP contribution in [-0.2, 0) is 17.0 Å². The molecule has 1 aliphatic carbocycles. The second-order valence-corrected chi connectivity index (χ2v) is 10.5. The zero-order valence-corrected chi connectivity index (χ0v) is 19.9. The summed E-state index contributed by atoms with van der Waals surface area (Å²) in [6, 6.07) is 8.00. The number of nitrogens with zero attached hydrogens (tertiary/aromatic N) is 2. The van der Waals surface area contributed by atoms with E-state index in [1.807, 2.05) is 25.1 Å². The summed E-state index contributed by atoms with van der Waals surface area (Å²) in [5.74, 6) is -0.0607. The van der Waals surface area contributed by atoms with Crippen LogP contribution < -0.4 is 5.32 Å². The van der Waals surface area contributed by atoms with E-state index in [0.717, 1.165) is 42.8 Å². The van der Waals surface area contributed by atoms with Gasteiger partial charge in [0.2, 0.25) is 5.91 Å². The van der Waals surface area contributed by atoms with Crippen LogP contribution in [0.2, 0.25) is 0 Å². The van der Waals surface area contributed by atoms with Crippen LogP contribution in [0.5, 0.6) is 0 Å². The number of Topliss-reactive ketones (excluding diaryl/α,β-unsaturated/α-hetero) is 1. The van der Waals surface area contributed by atoms with Gasteiger partial charge in [0.25, 0.3) is 0 Å². The number of hydrogen-bond donors (Lipinski definition) is 3. The van der Waals surface area contributed by atoms with Crippen LogP contribution in [0.4, 0.5) is 0 Å². The van der Waals surface area contributed by atoms with Crippen LogP contribution in [0, 0.1) is 6.92 Å². The fourth-order valence-electron chi connectivity index (χ4n) is 5.02. The van der Waals surface area contributed by atoms with E-state index in [1.54, 1.807) is 12.3 Å². The third-order valence-corrected chi connectivity index (χ3v) is 8.13. The molecule has 1 atom stereocenters. The minimum atomic E-state index is -0.848. The number of ketones is 1. The Labute approximate surface area is 198 Å². The quantitative estimate of drug-likeness (QED) is 0.512. The second kappa shape index (κ2) is 10.4. The molecule has 1 amide bonds. The van der Waals surface area contributed by atoms with E-state index in [4.69, 9.17) is 0 Å². The van der Waals surface area contributed by atoms with Crippen molar-refractivity contribution in [2.45, 2.75) is 76.2 Å². The number of likely N-dealkylation sites (tertiary alicyclic amines) is 1. The van der Waals surface area contributed by atoms with Crippen molar-refractivity contribution in [1.29, 1.82) is 0 Å². The van der Waals surface area contributed by atoms with Crippen molar-refractivity contribution in [1.82, 2.24) is 15.2 Å². The molecule has 1 aromatic heterocycles. The zero-order chi connectivity index (χ0) is 23.4. The Morgan fingerprint density at radius 2 is 2.03 bits per heavy atom. The number of nitrogens with one attached hydrogen (secondary N) is 1. The van der Waals surface area contributed by atoms with Gasteiger partial charge in [-0.25, -0.2) is 4.98 Å². The van der Waals surface area contributed by atoms with Gasteiger partial charge in [-0.1, -0.05) is 23.8 Å². The van der Waals surface area contributed by atoms with Gasteiger partial charge < -0.3 is 15.5 Å². The second-order valence-electron chi connectivity index (χ2n) is 9.38. The predicted molar refractivity (Wildman–Crippen MR) is 127 cm³/mol. The SMILES string of the molecule is Cc1cccc(C(=O)CCC(=O)N[C@@H]2CCN(C3CCC(O)(c4cnc(CO)s4)CC3)C2)c1. The summed E-state index contributed by atoms with van der Waals surface area (Å²) in [5.41, 5.74) is 0.858. The number of amides is 1. The fraction of sp³-hybridized carbons (Fsp3) is 0.560. The lowest BCUT2D eigenvalue weighted by atomic mass is 9.81. The van der Waals surface area contributed by atoms with E-state index in [9.17, 15) is 19.8 Å². The molecule has 0 unspecified atom stereocenters. The Kier molecular flexibility index (Phi) is 7.58. The van der Waals surface area contributed by atoms with Crippen molar-refractivity contribution in [3.8, 4) is 0 Å². The largest absolute Gasteiger partial charge is 0.389 e. The van der Waals surface area contributed by atoms with E-state index in [-0.39, 0.29) is 37.2 Å². The molecule has 0 spiro atoms. The minimum absolute atomic E-state index is 0.00337. The Morgan fingerprint density at radius 3 is 2.73 bits per heavy atom. The van der Waals surface area contributed by atoms with Gasteiger partial charge in [0.15, 0.2) is 5.78 Å². The van der Waals surface area contributed by atoms with Gasteiger partial charge >= 0.3 is 0 Å². The van der Waals surface area contributed by atoms with Crippen LogP contribution in [0.25, 0.3) is 0 Å². The Balaban J connectivity index is 1.20. The molecule has 178 valence electrons. The maximum Gasteiger partial charge on any atom is 0.220 e. The predicted octanol–water partition coefficient (Wildman–Crippen LogP) is 2.93. The van der Waals surface area contributed by atoms with Crippen molar-refractivity contribution in [3.63, 3.8) is 0 Å². The van der Waals surface area contributed by atoms with Gasteiger partial charge in [0, 0.05) is 49.8 Å². The van der Waals surface area contributed by atoms with E-state index in [2.05, 4.69) is 15.2 Å². The van der Waals surface area contributed by atoms with Crippen molar-refractivity contribution in [3.05, 3.63) is 51.5 Å². The van der Waals surface area contributed by atoms with Gasteiger partial charge in [-0.3, -0.25) is 14.5 Å². The van der Waals surface area contributed by atoms with Crippen molar-refractivity contribution >= 4 is 23.0 Å². The molecule has 4 rings (SSSR count). The Bertz CT molecular complexity index is 984. The molecule has 7 nitrogen and oxygen atoms in total. The van der Waals surface area contributed by atoms with E-state index >= 15 is 0 Å². The van der Waals surface area contributed by atoms with Crippen molar-refractivity contribution in [2.75, 3.05) is 13.1 Å². The lowest BCUT2D eigenvalue weighted by Crippen LogP contribution is -2.43. The lowest BCUT2D eigenvalue weighted by Gasteiger charge is -2.39. The molecule has 2 fully saturated rings. The van der Waals surface area contributed by atoms with Gasteiger partial charge in [-0.15, -0.1) is 11.3 Å². The first-order valence-corrected chi connectivity index (χ1v) is 12.6. The first kappa shape index (κ1) is 24.0. The molecule has 2 heterocycles. The minimum Gasteiger partial charge on any atom is -0.389 e. The van der Waals surface area contributed by atoms with Crippen LogP contribution in [0.1, 0.15) is 70.8 Å². The summed E-state index contributed by atoms with van der Waals surface area (Å²) in [6.45, 7) is 3.61. The van der Waals surface area contributed by atoms with E-state index < -0.39 is 5.60 Å². The first-order chi connectivity index (χ1) is 15.9. The third kappa shape index (κ3) is 5.87. The number of thiazole rings is 1. The highest BCUT2D eigenvalue weighted by Crippen LogP contribution is 2.41. The smallest absolute Gasteiger partial charge is 0.220 e. The third-order valence-electron chi connectivity index (χ3n) is 6.95. The molecule has 33 heavy (non-hydrogen) atoms. The first-order valence-electron chi connectivity index (χ1n) is 11.8. The number of benzene rings is 1. The van der Waals surface area contributed by atoms with Crippen molar-refractivity contribution < 1.29 is 19.8 Å². The molecule has 8 heteroatoms. The molecule has 1 aromatic carbocycles. The number of carbonyl (C=O) groups excluding carboxylic acids is 2. The summed E-state index contributed by atoms with van der Waals surface area (Å²) in [6.07, 6.45) is 6.20. The zero-order valence-electron chi connectivity index (χ0n) is 19.1. The van der Waals surface area contributed by atoms with Gasteiger partial charge in [0.1, 0.15) is 10.6 Å². The van der Waals surface area contributed by atoms with Gasteiger partial charge in [-0.2, -0.15) is 0 Å². The monoisotopic (exact) mass is 471 g/mol. The molecular formula is C25H33N3O4S. The standard InChI is InChI=1S/C25H33N3O4S/c1-17-3-2-4-18(13-17)21(30)5-6-23(31)27-19-9-12-28(15-19)20-7-10-25(32,11-8-20)22-14-26-24(16-29)33-22/h2-4,13-14,19-20,29,32H,5-12,15-16H2,1H3,(H,27,31)/t19-,20?,25?/m1/s1. The van der Waals surface area contributed by atoms with Crippen LogP contribution >= 0.6 is 11.3 Å². The Morgan fingerprint density at radius 1 is 1.24 bits per heavy atom. The molecule has 3 N–H and O–H groups in total. The maximum absolute atomic E-state index is 12.4. The number of aryl methyl sites for hydroxylation is 1. The lowest BCUT2D eigenvalue weighted by molar-refractivity contribution is -0.121. The highest BCUT2D eigenvalue weighted by molar-refractivity contribution is 7.11. The molecule has 1 saturated heterocycles. The molecule has 2 aliphatic rings. The number of hydrogen-bond acceptors (Lipinski definition) is 7. The summed E-state index contributed by atoms with van der Waals surface area (Å²) >= 11 is 1.39. The topological polar surface area (TPSA) is 103 Å². The average Bonchev–Trinajstić information content (AvgIpc) is 3.48. The van der Waals surface area contributed by atoms with E-state index in [0.29, 0.717) is 29.5 Å². The van der Waals surface area contributed by atoms with Crippen LogP contribution in [0.15, 0.2) is 30.5 Å². The molecule has 0 bridgehead atoms. The number of rotatable bonds is 8. The van der Waals surface area contributed by atoms with Crippen LogP contribution in [0.3, 0.4) is 0 Å². The Hall–Kier alpha value is -2.13. The highest BCUT2D eigenvalue weighted by atomic mass is 32.1. The van der Waals surface area contributed by atoms with Crippen molar-refractivity contribution in [2.24, 2.45) is 0 Å². The number of carbonyl (C=O) groups is 2. The summed E-state index contributed by atoms with van der Waals surface area (Å²) in [7, 11) is 0. The van der Waals surface area contributed by atoms with Gasteiger partial charge in [-0.05, 0) is 45.1 Å². The summed E-state index contributed by atoms with van der Waals surface area (Å²) < 4.78 is 0. The number of aromatic nitrogens is 1. The number of aliphatic hydroxyl groups is 2. The molecular weight excluding hydrogens is 438 g/mol. The fourth-order valence-corrected chi connectivity index (χ4v) is 5.94. The van der Waals surface area contributed by atoms with Gasteiger partial charge in [0.05, 0.1) is 11.5 Å². The molecule has 2 aromatic rings. The maximum atomic E-state index is 12.4. The normalized spacial score (nSPS) is 25.8. The summed E-state index contributed by atoms with van der Waals surface area (Å²) in [4.78, 5) is 32.2. The van der Waals surface area contributed by atoms with Crippen LogP contribution in [-0.4, -0.2) is 57.0 Å². The average molecular weight is 472 g/mol. The van der Waals surface area contributed by atoms with E-state index in [1.165, 1.54) is 11.3 Å². The summed E-state index contributed by atoms with van der Waals surface area (Å²) in [5, 5.41) is 24.1. The highest BCUT2D eigenvalue weighted by Gasteiger charge is 2.39. The molecule has 1 aliphatic heterocycles.